The number of hydrogen-bond acceptors (Lipinski definition) is 2. The molecule has 0 aromatic heterocycles. The quantitative estimate of drug-likeness (QED) is 0.735. The molecule has 2 N–H and O–H groups in total. The van der Waals surface area contributed by atoms with Crippen molar-refractivity contribution in [3.63, 3.8) is 0 Å². The van der Waals surface area contributed by atoms with E-state index in [0.717, 1.165) is 19.3 Å². The summed E-state index contributed by atoms with van der Waals surface area (Å²) in [7, 11) is 0. The molecule has 2 heterocycles. The van der Waals surface area contributed by atoms with E-state index >= 15 is 0 Å². The molecule has 82 valence electrons. The first-order chi connectivity index (χ1) is 6.84. The van der Waals surface area contributed by atoms with E-state index in [1.54, 1.807) is 0 Å². The SMILES string of the molecule is Cl.N[C@@H]1CC[C@@H]2Cc3ccccc3[C@H]1O2. The highest BCUT2D eigenvalue weighted by Crippen LogP contribution is 2.38. The van der Waals surface area contributed by atoms with Gasteiger partial charge in [-0.3, -0.25) is 0 Å². The molecule has 0 amide bonds. The van der Waals surface area contributed by atoms with Crippen LogP contribution in [0.4, 0.5) is 0 Å². The van der Waals surface area contributed by atoms with Gasteiger partial charge in [0.05, 0.1) is 12.2 Å². The maximum absolute atomic E-state index is 6.08. The van der Waals surface area contributed by atoms with Crippen molar-refractivity contribution in [2.24, 2.45) is 5.73 Å². The fraction of sp³-hybridized carbons (Fsp3) is 0.500. The molecule has 2 aliphatic heterocycles. The zero-order valence-electron chi connectivity index (χ0n) is 8.56. The summed E-state index contributed by atoms with van der Waals surface area (Å²) in [4.78, 5) is 0. The molecule has 1 saturated heterocycles. The van der Waals surface area contributed by atoms with Gasteiger partial charge in [0.1, 0.15) is 0 Å². The summed E-state index contributed by atoms with van der Waals surface area (Å²) >= 11 is 0. The maximum Gasteiger partial charge on any atom is 0.0982 e. The summed E-state index contributed by atoms with van der Waals surface area (Å²) in [5, 5.41) is 0. The largest absolute Gasteiger partial charge is 0.368 e. The summed E-state index contributed by atoms with van der Waals surface area (Å²) < 4.78 is 5.94. The maximum atomic E-state index is 6.08. The first-order valence-corrected chi connectivity index (χ1v) is 5.33. The lowest BCUT2D eigenvalue weighted by atomic mass is 9.84. The van der Waals surface area contributed by atoms with E-state index in [1.807, 2.05) is 0 Å². The molecule has 0 aliphatic carbocycles. The highest BCUT2D eigenvalue weighted by atomic mass is 35.5. The normalized spacial score (nSPS) is 32.7. The number of nitrogens with two attached hydrogens (primary N) is 1. The highest BCUT2D eigenvalue weighted by Gasteiger charge is 2.35. The predicted octanol–water partition coefficient (Wildman–Crippen LogP) is 2.21. The molecule has 3 heteroatoms. The molecule has 2 bridgehead atoms. The zero-order chi connectivity index (χ0) is 9.54. The molecule has 2 aliphatic rings. The standard InChI is InChI=1S/C12H15NO.ClH/c13-11-6-5-9-7-8-3-1-2-4-10(8)12(11)14-9;/h1-4,9,11-12H,5-7,13H2;1H/t9-,11-,12-;/m1./s1. The van der Waals surface area contributed by atoms with Crippen molar-refractivity contribution in [3.8, 4) is 0 Å². The number of halogens is 1. The third-order valence-corrected chi connectivity index (χ3v) is 3.36. The van der Waals surface area contributed by atoms with Crippen molar-refractivity contribution in [2.75, 3.05) is 0 Å². The molecule has 1 aromatic rings. The molecule has 2 nitrogen and oxygen atoms in total. The number of ether oxygens (including phenoxy) is 1. The number of hydrogen-bond donors (Lipinski definition) is 1. The average molecular weight is 226 g/mol. The van der Waals surface area contributed by atoms with Gasteiger partial charge in [-0.25, -0.2) is 0 Å². The van der Waals surface area contributed by atoms with Gasteiger partial charge in [-0.2, -0.15) is 0 Å². The smallest absolute Gasteiger partial charge is 0.0982 e. The lowest BCUT2D eigenvalue weighted by molar-refractivity contribution is -0.0730. The molecule has 0 radical (unpaired) electrons. The molecule has 1 fully saturated rings. The van der Waals surface area contributed by atoms with Crippen LogP contribution in [-0.4, -0.2) is 12.1 Å². The molecule has 3 atom stereocenters. The minimum absolute atomic E-state index is 0. The molecular formula is C12H16ClNO. The molecule has 0 unspecified atom stereocenters. The van der Waals surface area contributed by atoms with Crippen molar-refractivity contribution < 1.29 is 4.74 Å². The molecule has 3 rings (SSSR count). The Bertz CT molecular complexity index is 355. The van der Waals surface area contributed by atoms with Crippen LogP contribution in [0.3, 0.4) is 0 Å². The lowest BCUT2D eigenvalue weighted by Crippen LogP contribution is -2.42. The van der Waals surface area contributed by atoms with Gasteiger partial charge in [0.2, 0.25) is 0 Å². The van der Waals surface area contributed by atoms with Crippen LogP contribution in [0.25, 0.3) is 0 Å². The third-order valence-electron chi connectivity index (χ3n) is 3.36. The van der Waals surface area contributed by atoms with E-state index < -0.39 is 0 Å². The van der Waals surface area contributed by atoms with Gasteiger partial charge in [0, 0.05) is 6.04 Å². The van der Waals surface area contributed by atoms with Crippen LogP contribution in [0.2, 0.25) is 0 Å². The number of benzene rings is 1. The molecule has 1 aromatic carbocycles. The van der Waals surface area contributed by atoms with Crippen LogP contribution in [0.5, 0.6) is 0 Å². The Labute approximate surface area is 96.2 Å². The van der Waals surface area contributed by atoms with Gasteiger partial charge in [-0.05, 0) is 30.4 Å². The second-order valence-electron chi connectivity index (χ2n) is 4.32. The van der Waals surface area contributed by atoms with E-state index in [2.05, 4.69) is 24.3 Å². The van der Waals surface area contributed by atoms with E-state index in [0.29, 0.717) is 6.10 Å². The predicted molar refractivity (Wildman–Crippen MR) is 62.2 cm³/mol. The van der Waals surface area contributed by atoms with Crippen LogP contribution >= 0.6 is 12.4 Å². The highest BCUT2D eigenvalue weighted by molar-refractivity contribution is 5.85. The van der Waals surface area contributed by atoms with Crippen molar-refractivity contribution in [3.05, 3.63) is 35.4 Å². The van der Waals surface area contributed by atoms with E-state index in [9.17, 15) is 0 Å². The third kappa shape index (κ3) is 1.78. The Balaban J connectivity index is 0.000000853. The Morgan fingerprint density at radius 2 is 2.00 bits per heavy atom. The molecular weight excluding hydrogens is 210 g/mol. The van der Waals surface area contributed by atoms with Crippen molar-refractivity contribution in [2.45, 2.75) is 37.5 Å². The fourth-order valence-corrected chi connectivity index (χ4v) is 2.60. The molecule has 15 heavy (non-hydrogen) atoms. The first-order valence-electron chi connectivity index (χ1n) is 5.33. The monoisotopic (exact) mass is 225 g/mol. The van der Waals surface area contributed by atoms with E-state index in [-0.39, 0.29) is 24.6 Å². The Morgan fingerprint density at radius 1 is 1.20 bits per heavy atom. The van der Waals surface area contributed by atoms with Crippen molar-refractivity contribution in [1.82, 2.24) is 0 Å². The molecule has 0 saturated carbocycles. The van der Waals surface area contributed by atoms with Gasteiger partial charge in [0.15, 0.2) is 0 Å². The van der Waals surface area contributed by atoms with E-state index in [4.69, 9.17) is 10.5 Å². The zero-order valence-corrected chi connectivity index (χ0v) is 9.37. The van der Waals surface area contributed by atoms with Crippen LogP contribution in [0.15, 0.2) is 24.3 Å². The Kier molecular flexibility index (Phi) is 3.01. The van der Waals surface area contributed by atoms with Gasteiger partial charge in [0.25, 0.3) is 0 Å². The summed E-state index contributed by atoms with van der Waals surface area (Å²) in [5.41, 5.74) is 8.83. The van der Waals surface area contributed by atoms with Crippen LogP contribution < -0.4 is 5.73 Å². The van der Waals surface area contributed by atoms with Crippen LogP contribution in [-0.2, 0) is 11.2 Å². The van der Waals surface area contributed by atoms with Crippen LogP contribution in [0, 0.1) is 0 Å². The second-order valence-corrected chi connectivity index (χ2v) is 4.32. The summed E-state index contributed by atoms with van der Waals surface area (Å²) in [6.07, 6.45) is 3.85. The fourth-order valence-electron chi connectivity index (χ4n) is 2.60. The van der Waals surface area contributed by atoms with Crippen LogP contribution in [0.1, 0.15) is 30.1 Å². The van der Waals surface area contributed by atoms with Gasteiger partial charge >= 0.3 is 0 Å². The van der Waals surface area contributed by atoms with Gasteiger partial charge < -0.3 is 10.5 Å². The topological polar surface area (TPSA) is 35.2 Å². The molecule has 0 spiro atoms. The summed E-state index contributed by atoms with van der Waals surface area (Å²) in [5.74, 6) is 0. The Hall–Kier alpha value is -0.570. The Morgan fingerprint density at radius 3 is 2.87 bits per heavy atom. The summed E-state index contributed by atoms with van der Waals surface area (Å²) in [6.45, 7) is 0. The lowest BCUT2D eigenvalue weighted by Gasteiger charge is -2.40. The van der Waals surface area contributed by atoms with E-state index in [1.165, 1.54) is 11.1 Å². The minimum Gasteiger partial charge on any atom is -0.368 e. The minimum atomic E-state index is 0. The second kappa shape index (κ2) is 4.12. The van der Waals surface area contributed by atoms with Gasteiger partial charge in [-0.15, -0.1) is 12.4 Å². The number of rotatable bonds is 0. The number of fused-ring (bicyclic) bond motifs is 4. The van der Waals surface area contributed by atoms with Gasteiger partial charge in [-0.1, -0.05) is 24.3 Å². The average Bonchev–Trinajstić information content (AvgIpc) is 2.23. The van der Waals surface area contributed by atoms with Crippen molar-refractivity contribution in [1.29, 1.82) is 0 Å². The first kappa shape index (κ1) is 10.9. The summed E-state index contributed by atoms with van der Waals surface area (Å²) in [6, 6.07) is 8.72. The van der Waals surface area contributed by atoms with Crippen molar-refractivity contribution >= 4 is 12.4 Å².